The van der Waals surface area contributed by atoms with Gasteiger partial charge in [0.05, 0.1) is 35.0 Å². The maximum absolute atomic E-state index is 9.11. The number of aliphatic hydroxyl groups is 2. The number of aliphatic hydroxyl groups excluding tert-OH is 2. The molecule has 0 saturated carbocycles. The van der Waals surface area contributed by atoms with Crippen LogP contribution in [0.3, 0.4) is 0 Å². The zero-order chi connectivity index (χ0) is 31.4. The van der Waals surface area contributed by atoms with Crippen molar-refractivity contribution in [2.45, 2.75) is 34.3 Å². The van der Waals surface area contributed by atoms with Crippen LogP contribution < -0.4 is 9.47 Å². The third-order valence-corrected chi connectivity index (χ3v) is 12.1. The van der Waals surface area contributed by atoms with Gasteiger partial charge in [0.1, 0.15) is 24.7 Å². The Hall–Kier alpha value is -3.85. The second kappa shape index (κ2) is 16.5. The van der Waals surface area contributed by atoms with E-state index in [-0.39, 0.29) is 48.2 Å². The third kappa shape index (κ3) is 8.66. The van der Waals surface area contributed by atoms with Crippen LogP contribution in [-0.2, 0) is 21.8 Å². The highest BCUT2D eigenvalue weighted by molar-refractivity contribution is 8.01. The molecule has 7 heteroatoms. The van der Waals surface area contributed by atoms with Crippen molar-refractivity contribution in [2.75, 3.05) is 26.4 Å². The summed E-state index contributed by atoms with van der Waals surface area (Å²) in [6.07, 6.45) is 1.85. The topological polar surface area (TPSA) is 58.9 Å². The lowest BCUT2D eigenvalue weighted by Gasteiger charge is -2.11. The average molecular weight is 653 g/mol. The van der Waals surface area contributed by atoms with Gasteiger partial charge in [-0.25, -0.2) is 0 Å². The Morgan fingerprint density at radius 1 is 0.578 bits per heavy atom. The van der Waals surface area contributed by atoms with Gasteiger partial charge in [0, 0.05) is 9.79 Å². The first kappa shape index (κ1) is 32.5. The van der Waals surface area contributed by atoms with Gasteiger partial charge in [-0.05, 0) is 122 Å². The van der Waals surface area contributed by atoms with Crippen LogP contribution in [0.15, 0.2) is 186 Å². The van der Waals surface area contributed by atoms with Gasteiger partial charge in [0.2, 0.25) is 0 Å². The van der Waals surface area contributed by atoms with Crippen LogP contribution in [0.5, 0.6) is 11.5 Å². The minimum absolute atomic E-state index is 0.0229. The summed E-state index contributed by atoms with van der Waals surface area (Å²) in [6.45, 7) is 8.73. The van der Waals surface area contributed by atoms with Crippen LogP contribution in [0.1, 0.15) is 0 Å². The zero-order valence-corrected chi connectivity index (χ0v) is 27.3. The summed E-state index contributed by atoms with van der Waals surface area (Å²) in [5, 5.41) is 18.2. The van der Waals surface area contributed by atoms with Crippen molar-refractivity contribution in [2.24, 2.45) is 0 Å². The van der Waals surface area contributed by atoms with Crippen molar-refractivity contribution < 1.29 is 19.7 Å². The molecular formula is C38H36O4S3+2. The van der Waals surface area contributed by atoms with Crippen LogP contribution in [0.25, 0.3) is 0 Å². The SMILES string of the molecule is C=CC(=C)[S+](c1ccccc1)c1ccc(Sc2ccc([S+](c3ccc(OCCO)cc3)c3ccc(OCCO)cc3)cc2)cc1. The Labute approximate surface area is 275 Å². The van der Waals surface area contributed by atoms with E-state index >= 15 is 0 Å². The maximum Gasteiger partial charge on any atom is 0.166 e. The molecule has 0 aliphatic carbocycles. The second-order valence-corrected chi connectivity index (χ2v) is 15.0. The fourth-order valence-corrected chi connectivity index (χ4v) is 9.32. The van der Waals surface area contributed by atoms with Crippen molar-refractivity contribution in [1.82, 2.24) is 0 Å². The summed E-state index contributed by atoms with van der Waals surface area (Å²) < 4.78 is 11.2. The first-order valence-corrected chi connectivity index (χ1v) is 17.8. The molecule has 228 valence electrons. The number of hydrogen-bond acceptors (Lipinski definition) is 5. The van der Waals surface area contributed by atoms with Gasteiger partial charge in [-0.2, -0.15) is 0 Å². The average Bonchev–Trinajstić information content (AvgIpc) is 3.09. The normalized spacial score (nSPS) is 11.6. The molecule has 0 aliphatic heterocycles. The summed E-state index contributed by atoms with van der Waals surface area (Å²) in [5.41, 5.74) is 0. The van der Waals surface area contributed by atoms with Crippen LogP contribution in [0.2, 0.25) is 0 Å². The smallest absolute Gasteiger partial charge is 0.166 e. The Morgan fingerprint density at radius 2 is 0.978 bits per heavy atom. The zero-order valence-electron chi connectivity index (χ0n) is 24.9. The van der Waals surface area contributed by atoms with Crippen LogP contribution in [0.4, 0.5) is 0 Å². The lowest BCUT2D eigenvalue weighted by atomic mass is 10.3. The summed E-state index contributed by atoms with van der Waals surface area (Å²) in [4.78, 5) is 9.28. The van der Waals surface area contributed by atoms with Gasteiger partial charge in [0.25, 0.3) is 0 Å². The van der Waals surface area contributed by atoms with Gasteiger partial charge in [-0.15, -0.1) is 0 Å². The molecule has 4 nitrogen and oxygen atoms in total. The van der Waals surface area contributed by atoms with Crippen molar-refractivity contribution in [1.29, 1.82) is 0 Å². The molecule has 5 aromatic rings. The van der Waals surface area contributed by atoms with Crippen LogP contribution in [0, 0.1) is 0 Å². The quantitative estimate of drug-likeness (QED) is 0.0879. The molecule has 0 saturated heterocycles. The van der Waals surface area contributed by atoms with E-state index in [1.165, 1.54) is 19.6 Å². The Morgan fingerprint density at radius 3 is 1.40 bits per heavy atom. The van der Waals surface area contributed by atoms with Gasteiger partial charge < -0.3 is 19.7 Å². The Balaban J connectivity index is 1.36. The Bertz CT molecular complexity index is 1600. The van der Waals surface area contributed by atoms with E-state index in [9.17, 15) is 0 Å². The van der Waals surface area contributed by atoms with Crippen molar-refractivity contribution in [3.63, 3.8) is 0 Å². The molecule has 45 heavy (non-hydrogen) atoms. The van der Waals surface area contributed by atoms with Gasteiger partial charge >= 0.3 is 0 Å². The summed E-state index contributed by atoms with van der Waals surface area (Å²) in [6, 6.07) is 44.1. The molecule has 2 N–H and O–H groups in total. The number of hydrogen-bond donors (Lipinski definition) is 2. The molecule has 0 aliphatic rings. The van der Waals surface area contributed by atoms with E-state index in [4.69, 9.17) is 19.7 Å². The second-order valence-electron chi connectivity index (χ2n) is 9.73. The summed E-state index contributed by atoms with van der Waals surface area (Å²) in [5.74, 6) is 1.46. The molecule has 5 aromatic carbocycles. The minimum Gasteiger partial charge on any atom is -0.491 e. The highest BCUT2D eigenvalue weighted by Crippen LogP contribution is 2.36. The van der Waals surface area contributed by atoms with E-state index in [1.807, 2.05) is 36.4 Å². The first-order chi connectivity index (χ1) is 22.1. The van der Waals surface area contributed by atoms with Gasteiger partial charge in [0.15, 0.2) is 29.4 Å². The largest absolute Gasteiger partial charge is 0.491 e. The molecule has 0 amide bonds. The molecule has 1 atom stereocenters. The van der Waals surface area contributed by atoms with Crippen molar-refractivity contribution in [3.8, 4) is 11.5 Å². The molecule has 0 aromatic heterocycles. The van der Waals surface area contributed by atoms with E-state index in [0.29, 0.717) is 0 Å². The van der Waals surface area contributed by atoms with Crippen LogP contribution >= 0.6 is 11.8 Å². The molecule has 5 rings (SSSR count). The number of rotatable bonds is 15. The monoisotopic (exact) mass is 652 g/mol. The number of allylic oxidation sites excluding steroid dienone is 1. The van der Waals surface area contributed by atoms with Crippen molar-refractivity contribution >= 4 is 33.6 Å². The predicted molar refractivity (Wildman–Crippen MR) is 187 cm³/mol. The molecule has 0 fully saturated rings. The Kier molecular flexibility index (Phi) is 11.9. The van der Waals surface area contributed by atoms with E-state index < -0.39 is 0 Å². The minimum atomic E-state index is -0.364. The molecule has 0 radical (unpaired) electrons. The summed E-state index contributed by atoms with van der Waals surface area (Å²) >= 11 is 1.74. The highest BCUT2D eigenvalue weighted by atomic mass is 32.2. The molecule has 0 bridgehead atoms. The van der Waals surface area contributed by atoms with E-state index in [0.717, 1.165) is 31.1 Å². The fourth-order valence-electron chi connectivity index (χ4n) is 4.58. The molecule has 1 unspecified atom stereocenters. The highest BCUT2D eigenvalue weighted by Gasteiger charge is 2.30. The van der Waals surface area contributed by atoms with Crippen LogP contribution in [-0.4, -0.2) is 36.6 Å². The van der Waals surface area contributed by atoms with E-state index in [2.05, 4.69) is 110 Å². The predicted octanol–water partition coefficient (Wildman–Crippen LogP) is 8.41. The molecule has 0 heterocycles. The number of ether oxygens (including phenoxy) is 2. The fraction of sp³-hybridized carbons (Fsp3) is 0.105. The lowest BCUT2D eigenvalue weighted by molar-refractivity contribution is 0.201. The maximum atomic E-state index is 9.11. The standard InChI is InChI=1S/C38H36O4S3/c1-3-29(2)44(34-7-5-4-6-8-34)35-21-13-32(14-22-35)43-33-15-23-38(24-16-33)45(36-17-9-30(10-18-36)41-27-25-39)37-19-11-31(12-20-37)42-28-26-40/h3-24,39-40H,1-2,25-28H2/q+2. The lowest BCUT2D eigenvalue weighted by Crippen LogP contribution is -2.06. The molecular weight excluding hydrogens is 617 g/mol. The first-order valence-electron chi connectivity index (χ1n) is 14.5. The van der Waals surface area contributed by atoms with Gasteiger partial charge in [-0.1, -0.05) is 36.5 Å². The third-order valence-electron chi connectivity index (χ3n) is 6.66. The summed E-state index contributed by atoms with van der Waals surface area (Å²) in [7, 11) is -0.626. The van der Waals surface area contributed by atoms with E-state index in [1.54, 1.807) is 11.8 Å². The molecule has 0 spiro atoms. The van der Waals surface area contributed by atoms with Crippen molar-refractivity contribution in [3.05, 3.63) is 152 Å². The van der Waals surface area contributed by atoms with Gasteiger partial charge in [-0.3, -0.25) is 0 Å². The number of benzene rings is 5.